The highest BCUT2D eigenvalue weighted by atomic mass is 28.2. The zero-order chi connectivity index (χ0) is 11.5. The van der Waals surface area contributed by atoms with E-state index in [4.69, 9.17) is 9.53 Å². The molecule has 0 aliphatic carbocycles. The third kappa shape index (κ3) is 9.65. The molecule has 1 N–H and O–H groups in total. The highest BCUT2D eigenvalue weighted by Gasteiger charge is 2.02. The van der Waals surface area contributed by atoms with Gasteiger partial charge in [0.25, 0.3) is 0 Å². The van der Waals surface area contributed by atoms with E-state index in [2.05, 4.69) is 11.3 Å². The van der Waals surface area contributed by atoms with Crippen LogP contribution >= 0.6 is 0 Å². The predicted octanol–water partition coefficient (Wildman–Crippen LogP) is 0.743. The Labute approximate surface area is 93.2 Å². The summed E-state index contributed by atoms with van der Waals surface area (Å²) in [5, 5.41) is 8.67. The van der Waals surface area contributed by atoms with E-state index in [1.807, 2.05) is 0 Å². The van der Waals surface area contributed by atoms with Gasteiger partial charge in [-0.3, -0.25) is 0 Å². The van der Waals surface area contributed by atoms with E-state index in [0.717, 1.165) is 12.7 Å². The van der Waals surface area contributed by atoms with Gasteiger partial charge in [0.1, 0.15) is 0 Å². The van der Waals surface area contributed by atoms with Gasteiger partial charge in [-0.2, -0.15) is 0 Å². The van der Waals surface area contributed by atoms with Crippen molar-refractivity contribution in [1.82, 2.24) is 0 Å². The lowest BCUT2D eigenvalue weighted by atomic mass is 10.4. The second-order valence-corrected chi connectivity index (χ2v) is 4.70. The molecule has 0 aromatic heterocycles. The van der Waals surface area contributed by atoms with Crippen molar-refractivity contribution < 1.29 is 19.1 Å². The standard InChI is InChI=1S/C6H10O3.C4H10OSi/c1-3-5(7)9-6(8)4-2;1-2-4-6-5-3-1/h3,6,8H,1,4H2,2H3;1-4,6H2. The molecule has 0 bridgehead atoms. The topological polar surface area (TPSA) is 55.8 Å². The summed E-state index contributed by atoms with van der Waals surface area (Å²) in [4.78, 5) is 10.3. The molecule has 0 radical (unpaired) electrons. The molecule has 88 valence electrons. The minimum absolute atomic E-state index is 0.00849. The van der Waals surface area contributed by atoms with Crippen molar-refractivity contribution in [3.05, 3.63) is 12.7 Å². The Kier molecular flexibility index (Phi) is 9.45. The van der Waals surface area contributed by atoms with Crippen LogP contribution in [0.2, 0.25) is 6.04 Å². The molecular weight excluding hydrogens is 212 g/mol. The van der Waals surface area contributed by atoms with Gasteiger partial charge in [0.05, 0.1) is 0 Å². The Morgan fingerprint density at radius 2 is 2.47 bits per heavy atom. The molecular formula is C10H20O4Si. The smallest absolute Gasteiger partial charge is 0.332 e. The molecule has 0 saturated carbocycles. The summed E-state index contributed by atoms with van der Waals surface area (Å²) in [7, 11) is 0.00849. The lowest BCUT2D eigenvalue weighted by Gasteiger charge is -2.07. The molecule has 0 aromatic rings. The number of carbonyl (C=O) groups is 1. The van der Waals surface area contributed by atoms with Gasteiger partial charge >= 0.3 is 5.97 Å². The van der Waals surface area contributed by atoms with Gasteiger partial charge in [-0.1, -0.05) is 19.9 Å². The Balaban J connectivity index is 0.000000280. The van der Waals surface area contributed by atoms with Crippen LogP contribution in [0, 0.1) is 0 Å². The van der Waals surface area contributed by atoms with Gasteiger partial charge in [-0.05, 0) is 12.5 Å². The van der Waals surface area contributed by atoms with Crippen molar-refractivity contribution in [2.24, 2.45) is 0 Å². The molecule has 1 unspecified atom stereocenters. The number of ether oxygens (including phenoxy) is 1. The maximum atomic E-state index is 10.3. The van der Waals surface area contributed by atoms with Crippen molar-refractivity contribution in [2.45, 2.75) is 38.5 Å². The minimum Gasteiger partial charge on any atom is -0.433 e. The van der Waals surface area contributed by atoms with E-state index in [-0.39, 0.29) is 9.76 Å². The number of hydrogen-bond acceptors (Lipinski definition) is 4. The van der Waals surface area contributed by atoms with Crippen molar-refractivity contribution in [3.63, 3.8) is 0 Å². The van der Waals surface area contributed by atoms with E-state index in [9.17, 15) is 4.79 Å². The first-order valence-electron chi connectivity index (χ1n) is 5.29. The van der Waals surface area contributed by atoms with Gasteiger partial charge in [0.15, 0.2) is 9.76 Å². The van der Waals surface area contributed by atoms with Crippen LogP contribution in [0.15, 0.2) is 12.7 Å². The monoisotopic (exact) mass is 232 g/mol. The number of hydrogen-bond donors (Lipinski definition) is 1. The molecule has 5 heteroatoms. The molecule has 1 rings (SSSR count). The first-order chi connectivity index (χ1) is 7.20. The van der Waals surface area contributed by atoms with Crippen LogP contribution in [0.3, 0.4) is 0 Å². The van der Waals surface area contributed by atoms with E-state index < -0.39 is 12.3 Å². The normalized spacial score (nSPS) is 18.5. The molecule has 1 saturated heterocycles. The minimum atomic E-state index is -0.990. The second-order valence-electron chi connectivity index (χ2n) is 3.18. The van der Waals surface area contributed by atoms with Crippen LogP contribution in [0.1, 0.15) is 26.2 Å². The highest BCUT2D eigenvalue weighted by Crippen LogP contribution is 2.01. The summed E-state index contributed by atoms with van der Waals surface area (Å²) in [5.41, 5.74) is 0. The Morgan fingerprint density at radius 1 is 1.73 bits per heavy atom. The first kappa shape index (κ1) is 14.3. The predicted molar refractivity (Wildman–Crippen MR) is 61.1 cm³/mol. The Bertz CT molecular complexity index is 169. The molecule has 0 aromatic carbocycles. The zero-order valence-corrected chi connectivity index (χ0v) is 10.7. The lowest BCUT2D eigenvalue weighted by molar-refractivity contribution is -0.161. The van der Waals surface area contributed by atoms with Gasteiger partial charge in [-0.15, -0.1) is 0 Å². The van der Waals surface area contributed by atoms with Crippen molar-refractivity contribution >= 4 is 15.7 Å². The largest absolute Gasteiger partial charge is 0.433 e. The summed E-state index contributed by atoms with van der Waals surface area (Å²) in [6.45, 7) is 5.93. The number of aliphatic hydroxyl groups excluding tert-OH is 1. The molecule has 15 heavy (non-hydrogen) atoms. The molecule has 1 atom stereocenters. The lowest BCUT2D eigenvalue weighted by Crippen LogP contribution is -2.14. The van der Waals surface area contributed by atoms with Crippen molar-refractivity contribution in [2.75, 3.05) is 6.61 Å². The van der Waals surface area contributed by atoms with Gasteiger partial charge in [0.2, 0.25) is 6.29 Å². The van der Waals surface area contributed by atoms with E-state index in [0.29, 0.717) is 6.42 Å². The van der Waals surface area contributed by atoms with Crippen LogP contribution in [0.5, 0.6) is 0 Å². The number of rotatable bonds is 3. The maximum absolute atomic E-state index is 10.3. The fourth-order valence-electron chi connectivity index (χ4n) is 0.953. The maximum Gasteiger partial charge on any atom is 0.332 e. The Morgan fingerprint density at radius 3 is 2.73 bits per heavy atom. The quantitative estimate of drug-likeness (QED) is 0.337. The van der Waals surface area contributed by atoms with Crippen LogP contribution in [0.25, 0.3) is 0 Å². The van der Waals surface area contributed by atoms with Crippen LogP contribution in [-0.2, 0) is 14.0 Å². The fraction of sp³-hybridized carbons (Fsp3) is 0.700. The van der Waals surface area contributed by atoms with Crippen molar-refractivity contribution in [3.8, 4) is 0 Å². The van der Waals surface area contributed by atoms with Gasteiger partial charge in [-0.25, -0.2) is 4.79 Å². The van der Waals surface area contributed by atoms with Gasteiger partial charge in [0, 0.05) is 19.1 Å². The summed E-state index contributed by atoms with van der Waals surface area (Å²) in [6.07, 6.45) is 3.17. The highest BCUT2D eigenvalue weighted by molar-refractivity contribution is 6.27. The van der Waals surface area contributed by atoms with Crippen LogP contribution in [-0.4, -0.2) is 33.7 Å². The fourth-order valence-corrected chi connectivity index (χ4v) is 2.12. The first-order valence-corrected chi connectivity index (χ1v) is 6.87. The number of esters is 1. The number of carbonyl (C=O) groups excluding carboxylic acids is 1. The molecule has 1 fully saturated rings. The summed E-state index contributed by atoms with van der Waals surface area (Å²) < 4.78 is 9.56. The molecule has 0 spiro atoms. The second kappa shape index (κ2) is 9.89. The molecule has 0 amide bonds. The van der Waals surface area contributed by atoms with E-state index >= 15 is 0 Å². The zero-order valence-electron chi connectivity index (χ0n) is 9.28. The van der Waals surface area contributed by atoms with Crippen LogP contribution < -0.4 is 0 Å². The summed E-state index contributed by atoms with van der Waals surface area (Å²) in [6, 6.07) is 1.42. The van der Waals surface area contributed by atoms with Crippen LogP contribution in [0.4, 0.5) is 0 Å². The Hall–Kier alpha value is -0.653. The molecule has 1 heterocycles. The SMILES string of the molecule is C1CC[SiH2]OC1.C=CC(=O)OC(O)CC. The molecule has 4 nitrogen and oxygen atoms in total. The van der Waals surface area contributed by atoms with Crippen molar-refractivity contribution in [1.29, 1.82) is 0 Å². The third-order valence-corrected chi connectivity index (χ3v) is 3.21. The number of aliphatic hydroxyl groups is 1. The third-order valence-electron chi connectivity index (χ3n) is 1.85. The van der Waals surface area contributed by atoms with E-state index in [1.54, 1.807) is 6.92 Å². The molecule has 1 aliphatic heterocycles. The summed E-state index contributed by atoms with van der Waals surface area (Å²) >= 11 is 0. The van der Waals surface area contributed by atoms with Gasteiger partial charge < -0.3 is 14.3 Å². The van der Waals surface area contributed by atoms with E-state index in [1.165, 1.54) is 18.9 Å². The summed E-state index contributed by atoms with van der Waals surface area (Å²) in [5.74, 6) is -0.593. The molecule has 1 aliphatic rings. The average molecular weight is 232 g/mol. The average Bonchev–Trinajstić information content (AvgIpc) is 2.31.